The molecule has 1 atom stereocenters. The van der Waals surface area contributed by atoms with Gasteiger partial charge >= 0.3 is 0 Å². The number of rotatable bonds is 4. The van der Waals surface area contributed by atoms with E-state index in [-0.39, 0.29) is 0 Å². The summed E-state index contributed by atoms with van der Waals surface area (Å²) in [6.07, 6.45) is 5.46. The van der Waals surface area contributed by atoms with Gasteiger partial charge in [0.25, 0.3) is 0 Å². The highest BCUT2D eigenvalue weighted by Gasteiger charge is 2.23. The second-order valence-electron chi connectivity index (χ2n) is 6.51. The average molecular weight is 317 g/mol. The third kappa shape index (κ3) is 3.13. The summed E-state index contributed by atoms with van der Waals surface area (Å²) < 4.78 is 2.15. The molecule has 4 rings (SSSR count). The lowest BCUT2D eigenvalue weighted by atomic mass is 9.91. The molecule has 1 fully saturated rings. The van der Waals surface area contributed by atoms with Gasteiger partial charge in [0.15, 0.2) is 0 Å². The van der Waals surface area contributed by atoms with Crippen LogP contribution in [0.2, 0.25) is 0 Å². The predicted octanol–water partition coefficient (Wildman–Crippen LogP) is 3.93. The fourth-order valence-corrected chi connectivity index (χ4v) is 3.64. The van der Waals surface area contributed by atoms with Crippen LogP contribution in [-0.4, -0.2) is 22.9 Å². The third-order valence-electron chi connectivity index (χ3n) is 4.81. The van der Waals surface area contributed by atoms with E-state index in [4.69, 9.17) is 5.10 Å². The Balaban J connectivity index is 1.74. The van der Waals surface area contributed by atoms with Crippen LogP contribution >= 0.6 is 0 Å². The lowest BCUT2D eigenvalue weighted by Gasteiger charge is -2.25. The van der Waals surface area contributed by atoms with Crippen LogP contribution in [0.3, 0.4) is 0 Å². The molecule has 2 aromatic carbocycles. The number of hydrogen-bond donors (Lipinski definition) is 1. The molecule has 0 bridgehead atoms. The molecule has 0 saturated carbocycles. The molecule has 0 amide bonds. The van der Waals surface area contributed by atoms with Crippen LogP contribution in [0.15, 0.2) is 66.9 Å². The van der Waals surface area contributed by atoms with Crippen molar-refractivity contribution in [3.63, 3.8) is 0 Å². The minimum atomic E-state index is 0.528. The maximum atomic E-state index is 4.75. The standard InChI is InChI=1S/C21H23N3/c1-3-8-17(9-4-1)14-19-16-23-24(20-11-5-2-6-12-20)21(19)18-10-7-13-22-15-18/h1-6,8-9,11-12,16,18,22H,7,10,13-15H2. The van der Waals surface area contributed by atoms with Crippen molar-refractivity contribution in [3.8, 4) is 5.69 Å². The number of hydrogen-bond acceptors (Lipinski definition) is 2. The number of nitrogens with one attached hydrogen (secondary N) is 1. The first-order chi connectivity index (χ1) is 11.9. The van der Waals surface area contributed by atoms with E-state index in [1.807, 2.05) is 0 Å². The summed E-state index contributed by atoms with van der Waals surface area (Å²) in [5, 5.41) is 8.30. The van der Waals surface area contributed by atoms with Crippen molar-refractivity contribution in [2.24, 2.45) is 0 Å². The molecule has 0 radical (unpaired) electrons. The summed E-state index contributed by atoms with van der Waals surface area (Å²) in [5.41, 5.74) is 5.21. The number of nitrogens with zero attached hydrogens (tertiary/aromatic N) is 2. The largest absolute Gasteiger partial charge is 0.316 e. The monoisotopic (exact) mass is 317 g/mol. The van der Waals surface area contributed by atoms with Crippen molar-refractivity contribution in [1.82, 2.24) is 15.1 Å². The lowest BCUT2D eigenvalue weighted by molar-refractivity contribution is 0.446. The Hall–Kier alpha value is -2.39. The Labute approximate surface area is 143 Å². The molecule has 2 heterocycles. The zero-order valence-corrected chi connectivity index (χ0v) is 13.9. The van der Waals surface area contributed by atoms with Crippen molar-refractivity contribution in [2.45, 2.75) is 25.2 Å². The second-order valence-corrected chi connectivity index (χ2v) is 6.51. The molecule has 1 aromatic heterocycles. The van der Waals surface area contributed by atoms with E-state index in [0.717, 1.165) is 25.2 Å². The Morgan fingerprint density at radius 1 is 1.00 bits per heavy atom. The summed E-state index contributed by atoms with van der Waals surface area (Å²) in [5.74, 6) is 0.528. The Morgan fingerprint density at radius 3 is 2.46 bits per heavy atom. The molecular formula is C21H23N3. The van der Waals surface area contributed by atoms with Gasteiger partial charge in [-0.1, -0.05) is 48.5 Å². The number of benzene rings is 2. The summed E-state index contributed by atoms with van der Waals surface area (Å²) in [7, 11) is 0. The molecule has 1 saturated heterocycles. The zero-order valence-electron chi connectivity index (χ0n) is 13.9. The number of piperidine rings is 1. The lowest BCUT2D eigenvalue weighted by Crippen LogP contribution is -2.30. The molecule has 0 aliphatic carbocycles. The minimum absolute atomic E-state index is 0.528. The van der Waals surface area contributed by atoms with E-state index >= 15 is 0 Å². The maximum Gasteiger partial charge on any atom is 0.0649 e. The normalized spacial score (nSPS) is 17.8. The van der Waals surface area contributed by atoms with E-state index in [1.54, 1.807) is 0 Å². The topological polar surface area (TPSA) is 29.9 Å². The Morgan fingerprint density at radius 2 is 1.75 bits per heavy atom. The first kappa shape index (κ1) is 15.2. The van der Waals surface area contributed by atoms with Crippen molar-refractivity contribution < 1.29 is 0 Å². The van der Waals surface area contributed by atoms with Crippen molar-refractivity contribution in [3.05, 3.63) is 83.7 Å². The average Bonchev–Trinajstić information content (AvgIpc) is 3.07. The van der Waals surface area contributed by atoms with Crippen LogP contribution in [-0.2, 0) is 6.42 Å². The molecule has 1 aliphatic rings. The quantitative estimate of drug-likeness (QED) is 0.790. The van der Waals surface area contributed by atoms with Gasteiger partial charge in [-0.25, -0.2) is 4.68 Å². The van der Waals surface area contributed by atoms with Gasteiger partial charge in [0.05, 0.1) is 17.6 Å². The van der Waals surface area contributed by atoms with Crippen molar-refractivity contribution in [2.75, 3.05) is 13.1 Å². The van der Waals surface area contributed by atoms with Crippen LogP contribution in [0, 0.1) is 0 Å². The fraction of sp³-hybridized carbons (Fsp3) is 0.286. The van der Waals surface area contributed by atoms with E-state index in [2.05, 4.69) is 76.9 Å². The number of para-hydroxylation sites is 1. The first-order valence-corrected chi connectivity index (χ1v) is 8.78. The third-order valence-corrected chi connectivity index (χ3v) is 4.81. The maximum absolute atomic E-state index is 4.75. The zero-order chi connectivity index (χ0) is 16.2. The van der Waals surface area contributed by atoms with Crippen LogP contribution < -0.4 is 5.32 Å². The van der Waals surface area contributed by atoms with E-state index in [1.165, 1.54) is 29.7 Å². The van der Waals surface area contributed by atoms with Gasteiger partial charge < -0.3 is 5.32 Å². The van der Waals surface area contributed by atoms with E-state index in [9.17, 15) is 0 Å². The molecule has 122 valence electrons. The van der Waals surface area contributed by atoms with Crippen LogP contribution in [0.25, 0.3) is 5.69 Å². The SMILES string of the molecule is c1ccc(Cc2cnn(-c3ccccc3)c2C2CCCNC2)cc1. The molecule has 1 N–H and O–H groups in total. The second kappa shape index (κ2) is 7.02. The van der Waals surface area contributed by atoms with Crippen LogP contribution in [0.1, 0.15) is 35.6 Å². The van der Waals surface area contributed by atoms with Gasteiger partial charge in [-0.3, -0.25) is 0 Å². The molecule has 1 aliphatic heterocycles. The van der Waals surface area contributed by atoms with Gasteiger partial charge in [-0.05, 0) is 42.6 Å². The summed E-state index contributed by atoms with van der Waals surface area (Å²) >= 11 is 0. The molecule has 3 nitrogen and oxygen atoms in total. The fourth-order valence-electron chi connectivity index (χ4n) is 3.64. The molecular weight excluding hydrogens is 294 g/mol. The van der Waals surface area contributed by atoms with Gasteiger partial charge in [0.2, 0.25) is 0 Å². The molecule has 1 unspecified atom stereocenters. The highest BCUT2D eigenvalue weighted by atomic mass is 15.3. The summed E-state index contributed by atoms with van der Waals surface area (Å²) in [4.78, 5) is 0. The highest BCUT2D eigenvalue weighted by Crippen LogP contribution is 2.29. The van der Waals surface area contributed by atoms with Gasteiger partial charge in [0, 0.05) is 18.9 Å². The van der Waals surface area contributed by atoms with E-state index in [0.29, 0.717) is 5.92 Å². The summed E-state index contributed by atoms with van der Waals surface area (Å²) in [6, 6.07) is 21.2. The smallest absolute Gasteiger partial charge is 0.0649 e. The molecule has 3 heteroatoms. The Bertz CT molecular complexity index is 771. The predicted molar refractivity (Wildman–Crippen MR) is 97.7 cm³/mol. The highest BCUT2D eigenvalue weighted by molar-refractivity contribution is 5.38. The van der Waals surface area contributed by atoms with Gasteiger partial charge in [-0.15, -0.1) is 0 Å². The minimum Gasteiger partial charge on any atom is -0.316 e. The van der Waals surface area contributed by atoms with Crippen molar-refractivity contribution in [1.29, 1.82) is 0 Å². The van der Waals surface area contributed by atoms with Crippen LogP contribution in [0.5, 0.6) is 0 Å². The summed E-state index contributed by atoms with van der Waals surface area (Å²) in [6.45, 7) is 2.17. The molecule has 24 heavy (non-hydrogen) atoms. The Kier molecular flexibility index (Phi) is 4.43. The van der Waals surface area contributed by atoms with E-state index < -0.39 is 0 Å². The van der Waals surface area contributed by atoms with Gasteiger partial charge in [-0.2, -0.15) is 5.10 Å². The van der Waals surface area contributed by atoms with Crippen molar-refractivity contribution >= 4 is 0 Å². The number of aromatic nitrogens is 2. The van der Waals surface area contributed by atoms with Crippen LogP contribution in [0.4, 0.5) is 0 Å². The molecule has 3 aromatic rings. The van der Waals surface area contributed by atoms with Gasteiger partial charge in [0.1, 0.15) is 0 Å². The molecule has 0 spiro atoms. The first-order valence-electron chi connectivity index (χ1n) is 8.78.